The van der Waals surface area contributed by atoms with Crippen LogP contribution in [0, 0.1) is 0 Å². The Hall–Kier alpha value is -2.32. The summed E-state index contributed by atoms with van der Waals surface area (Å²) in [5.74, 6) is -1.60. The summed E-state index contributed by atoms with van der Waals surface area (Å²) in [5.41, 5.74) is -2.11. The molecule has 9 heteroatoms. The molecule has 0 aliphatic carbocycles. The lowest BCUT2D eigenvalue weighted by Gasteiger charge is -2.32. The number of hydrogen-bond donors (Lipinski definition) is 2. The number of carbonyl (C=O) groups excluding carboxylic acids is 1. The van der Waals surface area contributed by atoms with Crippen molar-refractivity contribution < 1.29 is 27.9 Å². The monoisotopic (exact) mass is 331 g/mol. The van der Waals surface area contributed by atoms with E-state index in [4.69, 9.17) is 5.11 Å². The average Bonchev–Trinajstić information content (AvgIpc) is 2.46. The normalized spacial score (nSPS) is 16.3. The number of carbonyl (C=O) groups is 2. The Morgan fingerprint density at radius 3 is 2.43 bits per heavy atom. The first-order valence-corrected chi connectivity index (χ1v) is 7.01. The van der Waals surface area contributed by atoms with Gasteiger partial charge in [0.1, 0.15) is 5.82 Å². The number of aromatic carboxylic acids is 1. The maximum atomic E-state index is 12.8. The van der Waals surface area contributed by atoms with E-state index in [0.717, 1.165) is 6.07 Å². The molecular formula is C14H16F3N3O3. The second-order valence-corrected chi connectivity index (χ2v) is 5.34. The number of carboxylic acids is 1. The number of pyridine rings is 1. The highest BCUT2D eigenvalue weighted by molar-refractivity contribution is 5.90. The molecule has 0 atom stereocenters. The Morgan fingerprint density at radius 2 is 1.96 bits per heavy atom. The summed E-state index contributed by atoms with van der Waals surface area (Å²) in [5, 5.41) is 11.9. The molecule has 0 saturated carbocycles. The summed E-state index contributed by atoms with van der Waals surface area (Å²) in [6.07, 6.45) is -3.02. The van der Waals surface area contributed by atoms with Gasteiger partial charge in [0.25, 0.3) is 0 Å². The van der Waals surface area contributed by atoms with Crippen LogP contribution in [-0.4, -0.2) is 46.0 Å². The number of nitrogens with zero attached hydrogens (tertiary/aromatic N) is 2. The maximum Gasteiger partial charge on any atom is 0.418 e. The number of anilines is 1. The molecule has 126 valence electrons. The number of nitrogens with one attached hydrogen (secondary N) is 1. The number of hydrogen-bond acceptors (Lipinski definition) is 4. The molecule has 2 N–H and O–H groups in total. The molecule has 0 spiro atoms. The standard InChI is InChI=1S/C14H16F3N3O3/c1-8(21)20-4-2-9(3-5-20)19-12-6-10(13(22)23)11(7-18-12)14(15,16)17/h6-7,9H,2-5H2,1H3,(H,18,19)(H,22,23). The SMILES string of the molecule is CC(=O)N1CCC(Nc2cc(C(=O)O)c(C(F)(F)F)cn2)CC1. The molecule has 0 unspecified atom stereocenters. The van der Waals surface area contributed by atoms with E-state index in [9.17, 15) is 22.8 Å². The van der Waals surface area contributed by atoms with Crippen LogP contribution in [0.1, 0.15) is 35.7 Å². The molecule has 0 radical (unpaired) electrons. The summed E-state index contributed by atoms with van der Waals surface area (Å²) < 4.78 is 38.3. The zero-order valence-corrected chi connectivity index (χ0v) is 12.4. The molecule has 6 nitrogen and oxygen atoms in total. The van der Waals surface area contributed by atoms with Gasteiger partial charge in [0, 0.05) is 32.3 Å². The zero-order chi connectivity index (χ0) is 17.2. The van der Waals surface area contributed by atoms with Crippen molar-refractivity contribution in [3.63, 3.8) is 0 Å². The maximum absolute atomic E-state index is 12.8. The van der Waals surface area contributed by atoms with Crippen LogP contribution in [0.4, 0.5) is 19.0 Å². The Kier molecular flexibility index (Phi) is 4.76. The molecule has 1 aromatic heterocycles. The molecule has 1 aromatic rings. The third kappa shape index (κ3) is 4.11. The van der Waals surface area contributed by atoms with Gasteiger partial charge in [-0.1, -0.05) is 0 Å². The molecule has 1 aliphatic rings. The summed E-state index contributed by atoms with van der Waals surface area (Å²) >= 11 is 0. The largest absolute Gasteiger partial charge is 0.478 e. The number of carboxylic acid groups (broad SMARTS) is 1. The van der Waals surface area contributed by atoms with Crippen LogP contribution in [0.3, 0.4) is 0 Å². The lowest BCUT2D eigenvalue weighted by molar-refractivity contribution is -0.138. The Labute approximate surface area is 130 Å². The van der Waals surface area contributed by atoms with E-state index >= 15 is 0 Å². The summed E-state index contributed by atoms with van der Waals surface area (Å²) in [4.78, 5) is 27.6. The number of likely N-dealkylation sites (tertiary alicyclic amines) is 1. The highest BCUT2D eigenvalue weighted by Gasteiger charge is 2.36. The Morgan fingerprint density at radius 1 is 1.35 bits per heavy atom. The lowest BCUT2D eigenvalue weighted by Crippen LogP contribution is -2.41. The van der Waals surface area contributed by atoms with Crippen LogP contribution in [0.15, 0.2) is 12.3 Å². The van der Waals surface area contributed by atoms with E-state index in [1.165, 1.54) is 6.92 Å². The van der Waals surface area contributed by atoms with E-state index < -0.39 is 23.3 Å². The van der Waals surface area contributed by atoms with Gasteiger partial charge in [-0.05, 0) is 18.9 Å². The van der Waals surface area contributed by atoms with E-state index in [2.05, 4.69) is 10.3 Å². The van der Waals surface area contributed by atoms with Crippen molar-refractivity contribution in [2.45, 2.75) is 32.0 Å². The molecule has 1 aliphatic heterocycles. The van der Waals surface area contributed by atoms with Gasteiger partial charge < -0.3 is 15.3 Å². The van der Waals surface area contributed by atoms with E-state index in [1.807, 2.05) is 0 Å². The van der Waals surface area contributed by atoms with Crippen molar-refractivity contribution >= 4 is 17.7 Å². The van der Waals surface area contributed by atoms with Crippen molar-refractivity contribution in [2.24, 2.45) is 0 Å². The minimum atomic E-state index is -4.77. The first kappa shape index (κ1) is 17.0. The first-order valence-electron chi connectivity index (χ1n) is 7.01. The molecule has 1 amide bonds. The van der Waals surface area contributed by atoms with Gasteiger partial charge in [0.05, 0.1) is 11.1 Å². The Balaban J connectivity index is 2.11. The van der Waals surface area contributed by atoms with Crippen LogP contribution >= 0.6 is 0 Å². The smallest absolute Gasteiger partial charge is 0.418 e. The van der Waals surface area contributed by atoms with Gasteiger partial charge >= 0.3 is 12.1 Å². The van der Waals surface area contributed by atoms with Gasteiger partial charge in [-0.2, -0.15) is 13.2 Å². The minimum absolute atomic E-state index is 0.0238. The molecule has 23 heavy (non-hydrogen) atoms. The highest BCUT2D eigenvalue weighted by Crippen LogP contribution is 2.32. The van der Waals surface area contributed by atoms with Crippen molar-refractivity contribution in [3.8, 4) is 0 Å². The van der Waals surface area contributed by atoms with Gasteiger partial charge in [-0.25, -0.2) is 9.78 Å². The molecule has 2 heterocycles. The van der Waals surface area contributed by atoms with Crippen molar-refractivity contribution in [1.82, 2.24) is 9.88 Å². The van der Waals surface area contributed by atoms with Crippen molar-refractivity contribution in [2.75, 3.05) is 18.4 Å². The molecule has 1 fully saturated rings. The van der Waals surface area contributed by atoms with Crippen molar-refractivity contribution in [3.05, 3.63) is 23.4 Å². The topological polar surface area (TPSA) is 82.5 Å². The van der Waals surface area contributed by atoms with Crippen molar-refractivity contribution in [1.29, 1.82) is 0 Å². The van der Waals surface area contributed by atoms with Gasteiger partial charge in [-0.3, -0.25) is 4.79 Å². The van der Waals surface area contributed by atoms with E-state index in [0.29, 0.717) is 32.1 Å². The molecule has 2 rings (SSSR count). The highest BCUT2D eigenvalue weighted by atomic mass is 19.4. The Bertz CT molecular complexity index is 611. The number of aromatic nitrogens is 1. The third-order valence-corrected chi connectivity index (χ3v) is 3.73. The molecule has 0 bridgehead atoms. The quantitative estimate of drug-likeness (QED) is 0.887. The van der Waals surface area contributed by atoms with Crippen LogP contribution in [0.2, 0.25) is 0 Å². The predicted molar refractivity (Wildman–Crippen MR) is 75.1 cm³/mol. The fourth-order valence-electron chi connectivity index (χ4n) is 2.48. The number of rotatable bonds is 3. The summed E-state index contributed by atoms with van der Waals surface area (Å²) in [6, 6.07) is 0.819. The molecule has 1 saturated heterocycles. The summed E-state index contributed by atoms with van der Waals surface area (Å²) in [6.45, 7) is 2.56. The zero-order valence-electron chi connectivity index (χ0n) is 12.4. The van der Waals surface area contributed by atoms with Crippen LogP contribution in [-0.2, 0) is 11.0 Å². The van der Waals surface area contributed by atoms with Crippen LogP contribution < -0.4 is 5.32 Å². The fourth-order valence-corrected chi connectivity index (χ4v) is 2.48. The van der Waals surface area contributed by atoms with Gasteiger partial charge in [-0.15, -0.1) is 0 Å². The first-order chi connectivity index (χ1) is 10.7. The third-order valence-electron chi connectivity index (χ3n) is 3.73. The minimum Gasteiger partial charge on any atom is -0.478 e. The number of piperidine rings is 1. The van der Waals surface area contributed by atoms with Gasteiger partial charge in [0.2, 0.25) is 5.91 Å². The number of halogens is 3. The van der Waals surface area contributed by atoms with Crippen LogP contribution in [0.5, 0.6) is 0 Å². The lowest BCUT2D eigenvalue weighted by atomic mass is 10.0. The predicted octanol–water partition coefficient (Wildman–Crippen LogP) is 2.22. The summed E-state index contributed by atoms with van der Waals surface area (Å²) in [7, 11) is 0. The number of amides is 1. The second kappa shape index (κ2) is 6.43. The van der Waals surface area contributed by atoms with Gasteiger partial charge in [0.15, 0.2) is 0 Å². The fraction of sp³-hybridized carbons (Fsp3) is 0.500. The van der Waals surface area contributed by atoms with E-state index in [-0.39, 0.29) is 17.8 Å². The molecule has 0 aromatic carbocycles. The second-order valence-electron chi connectivity index (χ2n) is 5.34. The number of alkyl halides is 3. The van der Waals surface area contributed by atoms with Crippen LogP contribution in [0.25, 0.3) is 0 Å². The molecular weight excluding hydrogens is 315 g/mol. The average molecular weight is 331 g/mol. The van der Waals surface area contributed by atoms with E-state index in [1.54, 1.807) is 4.90 Å².